The Hall–Kier alpha value is -1.89. The molecule has 0 radical (unpaired) electrons. The maximum absolute atomic E-state index is 11.8. The summed E-state index contributed by atoms with van der Waals surface area (Å²) in [6.07, 6.45) is 4.38. The third-order valence-electron chi connectivity index (χ3n) is 3.38. The van der Waals surface area contributed by atoms with Gasteiger partial charge in [-0.1, -0.05) is 0 Å². The zero-order valence-electron chi connectivity index (χ0n) is 12.0. The molecule has 1 aromatic heterocycles. The number of esters is 1. The van der Waals surface area contributed by atoms with Gasteiger partial charge in [-0.05, 0) is 19.3 Å². The van der Waals surface area contributed by atoms with Gasteiger partial charge < -0.3 is 14.4 Å². The second-order valence-corrected chi connectivity index (χ2v) is 4.73. The van der Waals surface area contributed by atoms with E-state index in [1.807, 2.05) is 0 Å². The molecule has 0 N–H and O–H groups in total. The molecule has 7 nitrogen and oxygen atoms in total. The fraction of sp³-hybridized carbons (Fsp3) is 0.615. The highest BCUT2D eigenvalue weighted by Gasteiger charge is 2.25. The molecule has 1 amide bonds. The zero-order chi connectivity index (χ0) is 14.7. The van der Waals surface area contributed by atoms with Crippen molar-refractivity contribution in [1.29, 1.82) is 0 Å². The topological polar surface area (TPSA) is 73.7 Å². The predicted octanol–water partition coefficient (Wildman–Crippen LogP) is 1.35. The molecule has 1 saturated heterocycles. The van der Waals surface area contributed by atoms with Crippen molar-refractivity contribution in [2.75, 3.05) is 25.7 Å². The number of rotatable bonds is 3. The van der Waals surface area contributed by atoms with Crippen molar-refractivity contribution in [3.8, 4) is 0 Å². The van der Waals surface area contributed by atoms with Gasteiger partial charge in [0, 0.05) is 20.6 Å². The van der Waals surface area contributed by atoms with Crippen LogP contribution in [0.1, 0.15) is 42.9 Å². The molecule has 0 saturated carbocycles. The van der Waals surface area contributed by atoms with Crippen molar-refractivity contribution >= 4 is 17.6 Å². The normalized spacial score (nSPS) is 18.6. The lowest BCUT2D eigenvalue weighted by molar-refractivity contribution is -0.116. The van der Waals surface area contributed by atoms with Crippen LogP contribution in [0.25, 0.3) is 0 Å². The number of methoxy groups -OCH3 is 1. The molecule has 1 aliphatic rings. The Bertz CT molecular complexity index is 506. The Morgan fingerprint density at radius 2 is 2.25 bits per heavy atom. The highest BCUT2D eigenvalue weighted by molar-refractivity contribution is 6.00. The minimum absolute atomic E-state index is 0.124. The number of nitrogens with zero attached hydrogens (tertiary/aromatic N) is 3. The first-order valence-electron chi connectivity index (χ1n) is 6.58. The number of hydrogen-bond donors (Lipinski definition) is 0. The largest absolute Gasteiger partial charge is 0.464 e. The summed E-state index contributed by atoms with van der Waals surface area (Å²) in [5.74, 6) is -0.748. The molecule has 110 valence electrons. The second kappa shape index (κ2) is 6.04. The number of hydrogen-bond acceptors (Lipinski definition) is 5. The molecular weight excluding hydrogens is 262 g/mol. The van der Waals surface area contributed by atoms with Gasteiger partial charge in [0.15, 0.2) is 5.69 Å². The van der Waals surface area contributed by atoms with E-state index in [9.17, 15) is 9.59 Å². The Balaban J connectivity index is 2.35. The van der Waals surface area contributed by atoms with Gasteiger partial charge in [-0.15, -0.1) is 0 Å². The van der Waals surface area contributed by atoms with Crippen LogP contribution in [-0.2, 0) is 14.3 Å². The number of anilines is 1. The van der Waals surface area contributed by atoms with Crippen LogP contribution in [0, 0.1) is 0 Å². The molecule has 2 rings (SSSR count). The van der Waals surface area contributed by atoms with Crippen LogP contribution in [0.5, 0.6) is 0 Å². The Morgan fingerprint density at radius 3 is 2.80 bits per heavy atom. The molecule has 1 atom stereocenters. The van der Waals surface area contributed by atoms with Crippen molar-refractivity contribution < 1.29 is 19.1 Å². The van der Waals surface area contributed by atoms with Gasteiger partial charge in [-0.2, -0.15) is 5.10 Å². The molecule has 0 aliphatic carbocycles. The lowest BCUT2D eigenvalue weighted by atomic mass is 10.2. The van der Waals surface area contributed by atoms with Crippen LogP contribution in [0.3, 0.4) is 0 Å². The molecule has 0 spiro atoms. The van der Waals surface area contributed by atoms with E-state index in [4.69, 9.17) is 9.47 Å². The summed E-state index contributed by atoms with van der Waals surface area (Å²) in [4.78, 5) is 24.7. The average Bonchev–Trinajstić information content (AvgIpc) is 2.91. The Morgan fingerprint density at radius 1 is 1.50 bits per heavy atom. The Kier molecular flexibility index (Phi) is 4.39. The van der Waals surface area contributed by atoms with Gasteiger partial charge in [0.1, 0.15) is 6.23 Å². The van der Waals surface area contributed by atoms with Crippen molar-refractivity contribution in [2.45, 2.75) is 32.4 Å². The SMILES string of the molecule is COC(=O)c1nn(C2CCCCO2)cc1N(C)C(C)=O. The van der Waals surface area contributed by atoms with Gasteiger partial charge in [0.2, 0.25) is 5.91 Å². The van der Waals surface area contributed by atoms with E-state index in [-0.39, 0.29) is 17.8 Å². The zero-order valence-corrected chi connectivity index (χ0v) is 12.0. The average molecular weight is 281 g/mol. The van der Waals surface area contributed by atoms with E-state index >= 15 is 0 Å². The summed E-state index contributed by atoms with van der Waals surface area (Å²) >= 11 is 0. The van der Waals surface area contributed by atoms with Crippen molar-refractivity contribution in [3.05, 3.63) is 11.9 Å². The van der Waals surface area contributed by atoms with Gasteiger partial charge in [-0.25, -0.2) is 9.48 Å². The third kappa shape index (κ3) is 2.82. The number of carbonyl (C=O) groups is 2. The summed E-state index contributed by atoms with van der Waals surface area (Å²) < 4.78 is 11.9. The maximum atomic E-state index is 11.8. The predicted molar refractivity (Wildman–Crippen MR) is 71.5 cm³/mol. The first-order chi connectivity index (χ1) is 9.54. The second-order valence-electron chi connectivity index (χ2n) is 4.73. The quantitative estimate of drug-likeness (QED) is 0.782. The van der Waals surface area contributed by atoms with Crippen LogP contribution >= 0.6 is 0 Å². The van der Waals surface area contributed by atoms with Crippen LogP contribution in [0.15, 0.2) is 6.20 Å². The molecule has 1 fully saturated rings. The first kappa shape index (κ1) is 14.5. The van der Waals surface area contributed by atoms with Crippen LogP contribution in [-0.4, -0.2) is 42.4 Å². The minimum Gasteiger partial charge on any atom is -0.464 e. The number of aromatic nitrogens is 2. The van der Waals surface area contributed by atoms with Gasteiger partial charge >= 0.3 is 5.97 Å². The lowest BCUT2D eigenvalue weighted by Gasteiger charge is -2.22. The van der Waals surface area contributed by atoms with Crippen LogP contribution in [0.4, 0.5) is 5.69 Å². The molecule has 7 heteroatoms. The van der Waals surface area contributed by atoms with Crippen molar-refractivity contribution in [3.63, 3.8) is 0 Å². The summed E-state index contributed by atoms with van der Waals surface area (Å²) in [6.45, 7) is 2.10. The molecule has 2 heterocycles. The summed E-state index contributed by atoms with van der Waals surface area (Å²) in [7, 11) is 2.88. The summed E-state index contributed by atoms with van der Waals surface area (Å²) in [5, 5.41) is 4.23. The molecule has 1 aliphatic heterocycles. The summed E-state index contributed by atoms with van der Waals surface area (Å²) in [5.41, 5.74) is 0.554. The molecule has 1 aromatic rings. The van der Waals surface area contributed by atoms with Gasteiger partial charge in [0.05, 0.1) is 19.0 Å². The third-order valence-corrected chi connectivity index (χ3v) is 3.38. The van der Waals surface area contributed by atoms with E-state index in [1.54, 1.807) is 17.9 Å². The van der Waals surface area contributed by atoms with E-state index in [2.05, 4.69) is 5.10 Å². The minimum atomic E-state index is -0.567. The first-order valence-corrected chi connectivity index (χ1v) is 6.58. The summed E-state index contributed by atoms with van der Waals surface area (Å²) in [6, 6.07) is 0. The smallest absolute Gasteiger partial charge is 0.360 e. The van der Waals surface area contributed by atoms with E-state index < -0.39 is 5.97 Å². The van der Waals surface area contributed by atoms with Gasteiger partial charge in [-0.3, -0.25) is 4.79 Å². The number of amides is 1. The number of ether oxygens (including phenoxy) is 2. The fourth-order valence-corrected chi connectivity index (χ4v) is 2.12. The standard InChI is InChI=1S/C13H19N3O4/c1-9(17)15(2)10-8-16(11-6-4-5-7-20-11)14-12(10)13(18)19-3/h8,11H,4-7H2,1-3H3. The van der Waals surface area contributed by atoms with E-state index in [0.29, 0.717) is 12.3 Å². The molecule has 20 heavy (non-hydrogen) atoms. The van der Waals surface area contributed by atoms with Crippen LogP contribution in [0.2, 0.25) is 0 Å². The Labute approximate surface area is 117 Å². The van der Waals surface area contributed by atoms with Gasteiger partial charge in [0.25, 0.3) is 0 Å². The monoisotopic (exact) mass is 281 g/mol. The molecule has 1 unspecified atom stereocenters. The highest BCUT2D eigenvalue weighted by Crippen LogP contribution is 2.26. The van der Waals surface area contributed by atoms with Crippen LogP contribution < -0.4 is 4.90 Å². The fourth-order valence-electron chi connectivity index (χ4n) is 2.12. The molecule has 0 bridgehead atoms. The molecule has 0 aromatic carbocycles. The highest BCUT2D eigenvalue weighted by atomic mass is 16.5. The van der Waals surface area contributed by atoms with E-state index in [0.717, 1.165) is 19.3 Å². The molecular formula is C13H19N3O4. The lowest BCUT2D eigenvalue weighted by Crippen LogP contribution is -2.24. The van der Waals surface area contributed by atoms with E-state index in [1.165, 1.54) is 18.9 Å². The number of carbonyl (C=O) groups excluding carboxylic acids is 2. The maximum Gasteiger partial charge on any atom is 0.360 e. The van der Waals surface area contributed by atoms with Crippen molar-refractivity contribution in [2.24, 2.45) is 0 Å². The van der Waals surface area contributed by atoms with Crippen molar-refractivity contribution in [1.82, 2.24) is 9.78 Å².